The number of aliphatic hydroxyl groups is 3. The second-order valence-corrected chi connectivity index (χ2v) is 8.36. The summed E-state index contributed by atoms with van der Waals surface area (Å²) in [6, 6.07) is 4.71. The monoisotopic (exact) mass is 576 g/mol. The van der Waals surface area contributed by atoms with Crippen LogP contribution in [0.2, 0.25) is 0 Å². The van der Waals surface area contributed by atoms with Gasteiger partial charge in [-0.05, 0) is 29.3 Å². The largest absolute Gasteiger partial charge is 0.493 e. The fraction of sp³-hybridized carbons (Fsp3) is 0.379. The topological polar surface area (TPSA) is 144 Å². The molecule has 0 spiro atoms. The van der Waals surface area contributed by atoms with Crippen molar-refractivity contribution in [2.24, 2.45) is 0 Å². The fourth-order valence-corrected chi connectivity index (χ4v) is 4.66. The molecule has 0 radical (unpaired) electrons. The van der Waals surface area contributed by atoms with Crippen molar-refractivity contribution in [2.75, 3.05) is 56.9 Å². The van der Waals surface area contributed by atoms with E-state index in [9.17, 15) is 15.3 Å². The summed E-state index contributed by atoms with van der Waals surface area (Å²) < 4.78 is 51.0. The smallest absolute Gasteiger partial charge is 0.208 e. The van der Waals surface area contributed by atoms with Crippen LogP contribution in [0.5, 0.6) is 57.5 Å². The van der Waals surface area contributed by atoms with Crippen LogP contribution in [0, 0.1) is 0 Å². The minimum Gasteiger partial charge on any atom is -0.493 e. The summed E-state index contributed by atoms with van der Waals surface area (Å²) in [5, 5.41) is 31.0. The van der Waals surface area contributed by atoms with Crippen LogP contribution in [0.25, 0.3) is 11.1 Å². The first-order valence-electron chi connectivity index (χ1n) is 12.3. The Balaban J connectivity index is 2.42. The Morgan fingerprint density at radius 3 is 1.10 bits per heavy atom. The second-order valence-electron chi connectivity index (χ2n) is 8.36. The highest BCUT2D eigenvalue weighted by Crippen LogP contribution is 2.56. The van der Waals surface area contributed by atoms with Crippen molar-refractivity contribution in [1.82, 2.24) is 0 Å². The van der Waals surface area contributed by atoms with Gasteiger partial charge in [-0.3, -0.25) is 0 Å². The molecule has 0 bridgehead atoms. The molecule has 0 aliphatic heterocycles. The molecule has 3 aromatic carbocycles. The van der Waals surface area contributed by atoms with Crippen molar-refractivity contribution in [3.05, 3.63) is 34.9 Å². The van der Waals surface area contributed by atoms with E-state index in [2.05, 4.69) is 0 Å². The first-order valence-corrected chi connectivity index (χ1v) is 12.3. The van der Waals surface area contributed by atoms with Gasteiger partial charge in [0, 0.05) is 16.7 Å². The molecule has 0 fully saturated rings. The molecule has 0 saturated heterocycles. The standard InChI is InChI=1S/C29H36O12/c1-33-18-9-15(12-30)21(27(38-6)24(18)35-3)22-16(13-31)10-20(26(37-5)28(22)39-7)41-23-17(14-32)11-19(34-2)25(36-4)29(23)40-8/h9-11,30-32H,12-14H2,1-8H3. The molecule has 0 amide bonds. The predicted octanol–water partition coefficient (Wildman–Crippen LogP) is 3.69. The average Bonchev–Trinajstić information content (AvgIpc) is 3.02. The molecule has 224 valence electrons. The lowest BCUT2D eigenvalue weighted by atomic mass is 9.92. The number of hydrogen-bond acceptors (Lipinski definition) is 12. The molecular formula is C29H36O12. The van der Waals surface area contributed by atoms with Crippen LogP contribution < -0.4 is 42.6 Å². The quantitative estimate of drug-likeness (QED) is 0.257. The Hall–Kier alpha value is -4.26. The minimum absolute atomic E-state index is 0.127. The Bertz CT molecular complexity index is 1370. The number of methoxy groups -OCH3 is 8. The van der Waals surface area contributed by atoms with Gasteiger partial charge in [0.25, 0.3) is 0 Å². The highest BCUT2D eigenvalue weighted by Gasteiger charge is 2.31. The van der Waals surface area contributed by atoms with Gasteiger partial charge in [0.15, 0.2) is 34.5 Å². The van der Waals surface area contributed by atoms with Gasteiger partial charge in [-0.1, -0.05) is 0 Å². The van der Waals surface area contributed by atoms with E-state index in [1.54, 1.807) is 18.2 Å². The molecule has 0 unspecified atom stereocenters. The van der Waals surface area contributed by atoms with Gasteiger partial charge in [0.2, 0.25) is 23.0 Å². The van der Waals surface area contributed by atoms with Crippen LogP contribution in [0.3, 0.4) is 0 Å². The third-order valence-electron chi connectivity index (χ3n) is 6.44. The van der Waals surface area contributed by atoms with Crippen LogP contribution >= 0.6 is 0 Å². The zero-order chi connectivity index (χ0) is 30.3. The summed E-state index contributed by atoms with van der Waals surface area (Å²) in [5.74, 6) is 2.15. The average molecular weight is 577 g/mol. The fourth-order valence-electron chi connectivity index (χ4n) is 4.66. The summed E-state index contributed by atoms with van der Waals surface area (Å²) in [4.78, 5) is 0. The maximum absolute atomic E-state index is 10.5. The third-order valence-corrected chi connectivity index (χ3v) is 6.44. The van der Waals surface area contributed by atoms with Crippen molar-refractivity contribution in [2.45, 2.75) is 19.8 Å². The maximum Gasteiger partial charge on any atom is 0.208 e. The van der Waals surface area contributed by atoms with Crippen molar-refractivity contribution in [3.63, 3.8) is 0 Å². The number of benzene rings is 3. The zero-order valence-corrected chi connectivity index (χ0v) is 24.4. The molecule has 0 saturated carbocycles. The summed E-state index contributed by atoms with van der Waals surface area (Å²) in [6.45, 7) is -1.28. The number of aliphatic hydroxyl groups excluding tert-OH is 3. The summed E-state index contributed by atoms with van der Waals surface area (Å²) in [6.07, 6.45) is 0. The van der Waals surface area contributed by atoms with Crippen molar-refractivity contribution in [3.8, 4) is 68.6 Å². The summed E-state index contributed by atoms with van der Waals surface area (Å²) >= 11 is 0. The number of rotatable bonds is 14. The Kier molecular flexibility index (Phi) is 10.6. The Morgan fingerprint density at radius 2 is 0.732 bits per heavy atom. The van der Waals surface area contributed by atoms with Gasteiger partial charge in [-0.15, -0.1) is 0 Å². The molecule has 3 rings (SSSR count). The normalized spacial score (nSPS) is 10.6. The van der Waals surface area contributed by atoms with Gasteiger partial charge >= 0.3 is 0 Å². The SMILES string of the molecule is COc1cc(CO)c(Oc2cc(CO)c(-c3c(CO)cc(OC)c(OC)c3OC)c(OC)c2OC)c(OC)c1OC. The van der Waals surface area contributed by atoms with Crippen molar-refractivity contribution in [1.29, 1.82) is 0 Å². The van der Waals surface area contributed by atoms with E-state index in [0.29, 0.717) is 39.3 Å². The van der Waals surface area contributed by atoms with Crippen LogP contribution in [0.1, 0.15) is 16.7 Å². The first kappa shape index (κ1) is 31.3. The van der Waals surface area contributed by atoms with Crippen molar-refractivity contribution < 1.29 is 58.0 Å². The molecule has 0 heterocycles. The highest BCUT2D eigenvalue weighted by atomic mass is 16.6. The van der Waals surface area contributed by atoms with Gasteiger partial charge in [-0.25, -0.2) is 0 Å². The van der Waals surface area contributed by atoms with Gasteiger partial charge < -0.3 is 58.0 Å². The molecule has 3 N–H and O–H groups in total. The molecule has 0 atom stereocenters. The second kappa shape index (κ2) is 13.9. The van der Waals surface area contributed by atoms with E-state index in [0.717, 1.165) is 0 Å². The molecular weight excluding hydrogens is 540 g/mol. The van der Waals surface area contributed by atoms with E-state index in [4.69, 9.17) is 42.6 Å². The molecule has 12 nitrogen and oxygen atoms in total. The molecule has 41 heavy (non-hydrogen) atoms. The lowest BCUT2D eigenvalue weighted by Gasteiger charge is -2.25. The van der Waals surface area contributed by atoms with Gasteiger partial charge in [0.1, 0.15) is 0 Å². The predicted molar refractivity (Wildman–Crippen MR) is 149 cm³/mol. The lowest BCUT2D eigenvalue weighted by molar-refractivity contribution is 0.264. The van der Waals surface area contributed by atoms with Crippen LogP contribution in [-0.2, 0) is 19.8 Å². The number of ether oxygens (including phenoxy) is 9. The molecule has 12 heteroatoms. The lowest BCUT2D eigenvalue weighted by Crippen LogP contribution is -2.06. The van der Waals surface area contributed by atoms with Gasteiger partial charge in [0.05, 0.1) is 76.7 Å². The maximum atomic E-state index is 10.5. The van der Waals surface area contributed by atoms with Crippen LogP contribution in [0.4, 0.5) is 0 Å². The third kappa shape index (κ3) is 5.53. The molecule has 0 aromatic heterocycles. The van der Waals surface area contributed by atoms with E-state index in [-0.39, 0.29) is 46.0 Å². The van der Waals surface area contributed by atoms with Crippen LogP contribution in [-0.4, -0.2) is 72.2 Å². The Labute approximate surface area is 238 Å². The van der Waals surface area contributed by atoms with Crippen molar-refractivity contribution >= 4 is 0 Å². The number of hydrogen-bond donors (Lipinski definition) is 3. The Morgan fingerprint density at radius 1 is 0.390 bits per heavy atom. The molecule has 0 aliphatic rings. The van der Waals surface area contributed by atoms with Gasteiger partial charge in [-0.2, -0.15) is 0 Å². The van der Waals surface area contributed by atoms with E-state index in [1.165, 1.54) is 56.9 Å². The van der Waals surface area contributed by atoms with E-state index in [1.807, 2.05) is 0 Å². The van der Waals surface area contributed by atoms with E-state index >= 15 is 0 Å². The summed E-state index contributed by atoms with van der Waals surface area (Å²) in [7, 11) is 11.5. The first-order chi connectivity index (χ1) is 19.9. The van der Waals surface area contributed by atoms with Crippen LogP contribution in [0.15, 0.2) is 18.2 Å². The summed E-state index contributed by atoms with van der Waals surface area (Å²) in [5.41, 5.74) is 1.83. The highest BCUT2D eigenvalue weighted by molar-refractivity contribution is 5.88. The van der Waals surface area contributed by atoms with E-state index < -0.39 is 19.8 Å². The zero-order valence-electron chi connectivity index (χ0n) is 24.4. The minimum atomic E-state index is -0.468. The molecule has 0 aliphatic carbocycles. The molecule has 3 aromatic rings.